The van der Waals surface area contributed by atoms with E-state index in [1.807, 2.05) is 0 Å². The van der Waals surface area contributed by atoms with Crippen LogP contribution in [0.5, 0.6) is 5.75 Å². The fourth-order valence-corrected chi connectivity index (χ4v) is 4.08. The van der Waals surface area contributed by atoms with Crippen LogP contribution < -0.4 is 14.4 Å². The zero-order valence-electron chi connectivity index (χ0n) is 15.4. The van der Waals surface area contributed by atoms with Gasteiger partial charge in [-0.3, -0.25) is 9.10 Å². The predicted molar refractivity (Wildman–Crippen MR) is 114 cm³/mol. The highest BCUT2D eigenvalue weighted by Crippen LogP contribution is 2.32. The number of amides is 1. The number of benzene rings is 2. The van der Waals surface area contributed by atoms with Gasteiger partial charge in [-0.15, -0.1) is 0 Å². The van der Waals surface area contributed by atoms with Gasteiger partial charge in [0.25, 0.3) is 0 Å². The number of rotatable bonds is 8. The van der Waals surface area contributed by atoms with E-state index in [-0.39, 0.29) is 10.7 Å². The molecule has 2 rings (SSSR count). The third-order valence-corrected chi connectivity index (χ3v) is 5.51. The van der Waals surface area contributed by atoms with Gasteiger partial charge in [-0.25, -0.2) is 8.42 Å². The van der Waals surface area contributed by atoms with Crippen LogP contribution in [0.25, 0.3) is 0 Å². The number of carbonyl (C=O) groups is 1. The molecule has 0 aliphatic rings. The molecule has 28 heavy (non-hydrogen) atoms. The van der Waals surface area contributed by atoms with Crippen molar-refractivity contribution in [2.24, 2.45) is 0 Å². The average Bonchev–Trinajstić information content (AvgIpc) is 2.63. The highest BCUT2D eigenvalue weighted by atomic mass is 35.5. The van der Waals surface area contributed by atoms with E-state index in [0.29, 0.717) is 23.1 Å². The second kappa shape index (κ2) is 9.32. The number of hydrogen-bond donors (Lipinski definition) is 1. The molecule has 0 spiro atoms. The van der Waals surface area contributed by atoms with E-state index in [2.05, 4.69) is 11.9 Å². The molecule has 2 aromatic rings. The first-order chi connectivity index (χ1) is 13.1. The molecule has 1 amide bonds. The number of nitrogens with zero attached hydrogens (tertiary/aromatic N) is 1. The van der Waals surface area contributed by atoms with Gasteiger partial charge in [0.1, 0.15) is 18.4 Å². The first-order valence-corrected chi connectivity index (χ1v) is 10.8. The van der Waals surface area contributed by atoms with Crippen molar-refractivity contribution in [2.75, 3.05) is 22.5 Å². The van der Waals surface area contributed by atoms with Crippen molar-refractivity contribution in [3.8, 4) is 5.75 Å². The van der Waals surface area contributed by atoms with Gasteiger partial charge in [0.15, 0.2) is 0 Å². The van der Waals surface area contributed by atoms with Crippen molar-refractivity contribution < 1.29 is 17.9 Å². The molecule has 150 valence electrons. The number of anilines is 2. The molecular formula is C19H20Cl2N2O4S. The lowest BCUT2D eigenvalue weighted by Crippen LogP contribution is -2.45. The summed E-state index contributed by atoms with van der Waals surface area (Å²) in [5.41, 5.74) is 0.626. The maximum atomic E-state index is 12.7. The SMILES string of the molecule is C=CCOc1ccc(NC(=O)C(C)N(c2cc(Cl)ccc2Cl)S(C)(=O)=O)cc1. The zero-order chi connectivity index (χ0) is 20.9. The number of carbonyl (C=O) groups excluding carboxylic acids is 1. The van der Waals surface area contributed by atoms with Gasteiger partial charge >= 0.3 is 0 Å². The Morgan fingerprint density at radius 3 is 2.46 bits per heavy atom. The first kappa shape index (κ1) is 22.1. The largest absolute Gasteiger partial charge is 0.490 e. The number of nitrogens with one attached hydrogen (secondary N) is 1. The van der Waals surface area contributed by atoms with Gasteiger partial charge in [0, 0.05) is 10.7 Å². The highest BCUT2D eigenvalue weighted by Gasteiger charge is 2.30. The molecule has 0 saturated heterocycles. The summed E-state index contributed by atoms with van der Waals surface area (Å²) in [6.45, 7) is 5.41. The second-order valence-electron chi connectivity index (χ2n) is 5.94. The van der Waals surface area contributed by atoms with Crippen LogP contribution >= 0.6 is 23.2 Å². The average molecular weight is 443 g/mol. The number of sulfonamides is 1. The van der Waals surface area contributed by atoms with Gasteiger partial charge in [0.2, 0.25) is 15.9 Å². The summed E-state index contributed by atoms with van der Waals surface area (Å²) in [6, 6.07) is 10.0. The molecule has 9 heteroatoms. The molecular weight excluding hydrogens is 423 g/mol. The Hall–Kier alpha value is -2.22. The van der Waals surface area contributed by atoms with Crippen LogP contribution in [0.1, 0.15) is 6.92 Å². The third kappa shape index (κ3) is 5.64. The smallest absolute Gasteiger partial charge is 0.247 e. The molecule has 1 N–H and O–H groups in total. The van der Waals surface area contributed by atoms with E-state index in [1.54, 1.807) is 30.3 Å². The third-order valence-electron chi connectivity index (χ3n) is 3.72. The van der Waals surface area contributed by atoms with Crippen molar-refractivity contribution in [1.29, 1.82) is 0 Å². The number of hydrogen-bond acceptors (Lipinski definition) is 4. The number of ether oxygens (including phenoxy) is 1. The Balaban J connectivity index is 2.24. The van der Waals surface area contributed by atoms with E-state index in [1.165, 1.54) is 25.1 Å². The summed E-state index contributed by atoms with van der Waals surface area (Å²) < 4.78 is 31.0. The first-order valence-electron chi connectivity index (χ1n) is 8.22. The van der Waals surface area contributed by atoms with Gasteiger partial charge in [-0.1, -0.05) is 35.9 Å². The molecule has 0 aliphatic heterocycles. The van der Waals surface area contributed by atoms with E-state index >= 15 is 0 Å². The molecule has 1 unspecified atom stereocenters. The minimum Gasteiger partial charge on any atom is -0.490 e. The molecule has 2 aromatic carbocycles. The van der Waals surface area contributed by atoms with Crippen molar-refractivity contribution in [2.45, 2.75) is 13.0 Å². The zero-order valence-corrected chi connectivity index (χ0v) is 17.7. The van der Waals surface area contributed by atoms with Gasteiger partial charge < -0.3 is 10.1 Å². The van der Waals surface area contributed by atoms with Crippen LogP contribution in [0.2, 0.25) is 10.0 Å². The summed E-state index contributed by atoms with van der Waals surface area (Å²) in [7, 11) is -3.81. The predicted octanol–water partition coefficient (Wildman–Crippen LogP) is 4.35. The standard InChI is InChI=1S/C19H20Cl2N2O4S/c1-4-11-27-16-8-6-15(7-9-16)22-19(24)13(2)23(28(3,25)26)18-12-14(20)5-10-17(18)21/h4-10,12-13H,1,11H2,2-3H3,(H,22,24). The minimum absolute atomic E-state index is 0.132. The molecule has 0 saturated carbocycles. The lowest BCUT2D eigenvalue weighted by atomic mass is 10.2. The Kier molecular flexibility index (Phi) is 7.35. The summed E-state index contributed by atoms with van der Waals surface area (Å²) >= 11 is 12.1. The van der Waals surface area contributed by atoms with Crippen LogP contribution in [0.3, 0.4) is 0 Å². The summed E-state index contributed by atoms with van der Waals surface area (Å²) in [4.78, 5) is 12.7. The van der Waals surface area contributed by atoms with Crippen LogP contribution in [0.4, 0.5) is 11.4 Å². The fourth-order valence-electron chi connectivity index (χ4n) is 2.47. The quantitative estimate of drug-likeness (QED) is 0.616. The molecule has 0 radical (unpaired) electrons. The summed E-state index contributed by atoms with van der Waals surface area (Å²) in [5.74, 6) is 0.0932. The van der Waals surface area contributed by atoms with Crippen LogP contribution in [-0.4, -0.2) is 33.2 Å². The van der Waals surface area contributed by atoms with Crippen LogP contribution in [0, 0.1) is 0 Å². The lowest BCUT2D eigenvalue weighted by molar-refractivity contribution is -0.116. The Morgan fingerprint density at radius 1 is 1.25 bits per heavy atom. The van der Waals surface area contributed by atoms with E-state index in [9.17, 15) is 13.2 Å². The highest BCUT2D eigenvalue weighted by molar-refractivity contribution is 7.92. The summed E-state index contributed by atoms with van der Waals surface area (Å²) in [5, 5.41) is 3.15. The summed E-state index contributed by atoms with van der Waals surface area (Å²) in [6.07, 6.45) is 2.62. The Labute approximate surface area is 174 Å². The lowest BCUT2D eigenvalue weighted by Gasteiger charge is -2.29. The molecule has 6 nitrogen and oxygen atoms in total. The fraction of sp³-hybridized carbons (Fsp3) is 0.211. The normalized spacial score (nSPS) is 12.1. The van der Waals surface area contributed by atoms with Crippen LogP contribution in [-0.2, 0) is 14.8 Å². The van der Waals surface area contributed by atoms with Gasteiger partial charge in [-0.05, 0) is 49.4 Å². The molecule has 0 aliphatic carbocycles. The molecule has 0 fully saturated rings. The van der Waals surface area contributed by atoms with Gasteiger partial charge in [0.05, 0.1) is 17.0 Å². The maximum absolute atomic E-state index is 12.7. The van der Waals surface area contributed by atoms with Gasteiger partial charge in [-0.2, -0.15) is 0 Å². The second-order valence-corrected chi connectivity index (χ2v) is 8.65. The minimum atomic E-state index is -3.81. The molecule has 1 atom stereocenters. The van der Waals surface area contributed by atoms with Crippen molar-refractivity contribution in [3.63, 3.8) is 0 Å². The molecule has 0 heterocycles. The number of halogens is 2. The molecule has 0 aromatic heterocycles. The van der Waals surface area contributed by atoms with E-state index in [4.69, 9.17) is 27.9 Å². The monoisotopic (exact) mass is 442 g/mol. The topological polar surface area (TPSA) is 75.7 Å². The van der Waals surface area contributed by atoms with Crippen molar-refractivity contribution >= 4 is 50.5 Å². The molecule has 0 bridgehead atoms. The van der Waals surface area contributed by atoms with E-state index in [0.717, 1.165) is 10.6 Å². The Bertz CT molecular complexity index is 962. The van der Waals surface area contributed by atoms with Crippen molar-refractivity contribution in [1.82, 2.24) is 0 Å². The maximum Gasteiger partial charge on any atom is 0.247 e. The van der Waals surface area contributed by atoms with E-state index < -0.39 is 22.0 Å². The van der Waals surface area contributed by atoms with Crippen LogP contribution in [0.15, 0.2) is 55.1 Å². The van der Waals surface area contributed by atoms with Crippen molar-refractivity contribution in [3.05, 3.63) is 65.2 Å². The Morgan fingerprint density at radius 2 is 1.89 bits per heavy atom.